The highest BCUT2D eigenvalue weighted by Gasteiger charge is 2.39. The molecule has 0 radical (unpaired) electrons. The molecule has 2 bridgehead atoms. The minimum Gasteiger partial charge on any atom is -0.409 e. The van der Waals surface area contributed by atoms with Gasteiger partial charge < -0.3 is 30.4 Å². The Hall–Kier alpha value is -3.43. The molecule has 36 heavy (non-hydrogen) atoms. The van der Waals surface area contributed by atoms with Crippen molar-refractivity contribution in [2.24, 2.45) is 5.16 Å². The standard InChI is InChI=1S/C24H34N10O2/c1-16-21(14-34(30-16)20-10-18-4-5-19(11-20)32(18)2)28-24-27-13-17(12-25)23(29-24)26-6-3-7-33-8-9-36-15-22(33)31-35/h13-14,18-20,35H,3-11,15H2,1-2H3,(H2,26,27,28,29). The molecule has 0 aromatic carbocycles. The van der Waals surface area contributed by atoms with Gasteiger partial charge in [-0.05, 0) is 46.1 Å². The number of aromatic nitrogens is 4. The van der Waals surface area contributed by atoms with Crippen LogP contribution in [0.5, 0.6) is 0 Å². The van der Waals surface area contributed by atoms with Crippen LogP contribution >= 0.6 is 0 Å². The largest absolute Gasteiger partial charge is 0.409 e. The zero-order valence-electron chi connectivity index (χ0n) is 20.9. The van der Waals surface area contributed by atoms with E-state index in [0.717, 1.165) is 30.6 Å². The van der Waals surface area contributed by atoms with Crippen molar-refractivity contribution in [1.82, 2.24) is 29.5 Å². The van der Waals surface area contributed by atoms with Crippen LogP contribution in [0.4, 0.5) is 17.5 Å². The molecule has 0 amide bonds. The maximum atomic E-state index is 9.51. The molecule has 2 aromatic rings. The molecule has 0 spiro atoms. The maximum absolute atomic E-state index is 9.51. The van der Waals surface area contributed by atoms with Gasteiger partial charge in [0.05, 0.1) is 30.2 Å². The summed E-state index contributed by atoms with van der Waals surface area (Å²) in [6.45, 7) is 4.93. The van der Waals surface area contributed by atoms with Crippen molar-refractivity contribution in [2.45, 2.75) is 57.2 Å². The lowest BCUT2D eigenvalue weighted by Gasteiger charge is -2.36. The summed E-state index contributed by atoms with van der Waals surface area (Å²) in [7, 11) is 2.25. The number of rotatable bonds is 8. The lowest BCUT2D eigenvalue weighted by Crippen LogP contribution is -2.42. The van der Waals surface area contributed by atoms with Crippen molar-refractivity contribution in [3.63, 3.8) is 0 Å². The van der Waals surface area contributed by atoms with E-state index in [2.05, 4.69) is 54.7 Å². The van der Waals surface area contributed by atoms with Crippen LogP contribution in [0, 0.1) is 18.3 Å². The summed E-state index contributed by atoms with van der Waals surface area (Å²) in [5, 5.41) is 33.3. The van der Waals surface area contributed by atoms with E-state index in [-0.39, 0.29) is 0 Å². The second-order valence-corrected chi connectivity index (χ2v) is 9.81. The number of hydrogen-bond donors (Lipinski definition) is 3. The Balaban J connectivity index is 1.21. The Kier molecular flexibility index (Phi) is 7.20. The molecule has 5 heterocycles. The normalized spacial score (nSPS) is 25.2. The van der Waals surface area contributed by atoms with E-state index >= 15 is 0 Å². The fourth-order valence-electron chi connectivity index (χ4n) is 5.54. The van der Waals surface area contributed by atoms with Crippen LogP contribution < -0.4 is 10.6 Å². The number of aryl methyl sites for hydroxylation is 1. The van der Waals surface area contributed by atoms with Gasteiger partial charge in [-0.2, -0.15) is 15.3 Å². The number of oxime groups is 1. The fourth-order valence-corrected chi connectivity index (χ4v) is 5.54. The van der Waals surface area contributed by atoms with Crippen molar-refractivity contribution in [1.29, 1.82) is 5.26 Å². The third-order valence-corrected chi connectivity index (χ3v) is 7.63. The molecule has 2 unspecified atom stereocenters. The van der Waals surface area contributed by atoms with Crippen LogP contribution in [0.15, 0.2) is 17.5 Å². The Morgan fingerprint density at radius 3 is 2.83 bits per heavy atom. The molecule has 192 valence electrons. The smallest absolute Gasteiger partial charge is 0.229 e. The van der Waals surface area contributed by atoms with Crippen LogP contribution in [0.3, 0.4) is 0 Å². The van der Waals surface area contributed by atoms with Crippen molar-refractivity contribution < 1.29 is 9.94 Å². The Morgan fingerprint density at radius 1 is 1.28 bits per heavy atom. The number of hydrogen-bond acceptors (Lipinski definition) is 10. The van der Waals surface area contributed by atoms with E-state index in [1.807, 2.05) is 11.8 Å². The zero-order chi connectivity index (χ0) is 25.1. The van der Waals surface area contributed by atoms with Crippen molar-refractivity contribution >= 4 is 23.3 Å². The molecule has 5 rings (SSSR count). The van der Waals surface area contributed by atoms with Gasteiger partial charge in [-0.25, -0.2) is 4.98 Å². The molecular weight excluding hydrogens is 460 g/mol. The molecule has 3 aliphatic heterocycles. The van der Waals surface area contributed by atoms with Crippen molar-refractivity contribution in [3.8, 4) is 6.07 Å². The van der Waals surface area contributed by atoms with Gasteiger partial charge in [-0.3, -0.25) is 4.68 Å². The molecule has 0 saturated carbocycles. The molecule has 3 saturated heterocycles. The number of fused-ring (bicyclic) bond motifs is 2. The summed E-state index contributed by atoms with van der Waals surface area (Å²) in [4.78, 5) is 13.4. The minimum absolute atomic E-state index is 0.318. The second-order valence-electron chi connectivity index (χ2n) is 9.81. The van der Waals surface area contributed by atoms with Gasteiger partial charge in [0.1, 0.15) is 24.1 Å². The summed E-state index contributed by atoms with van der Waals surface area (Å²) < 4.78 is 7.42. The topological polar surface area (TPSA) is 140 Å². The molecule has 0 aliphatic carbocycles. The first-order valence-electron chi connectivity index (χ1n) is 12.6. The number of anilines is 3. The molecule has 3 N–H and O–H groups in total. The van der Waals surface area contributed by atoms with E-state index in [4.69, 9.17) is 15.0 Å². The summed E-state index contributed by atoms with van der Waals surface area (Å²) in [5.41, 5.74) is 2.16. The lowest BCUT2D eigenvalue weighted by molar-refractivity contribution is 0.110. The number of piperidine rings is 1. The van der Waals surface area contributed by atoms with Crippen LogP contribution in [-0.2, 0) is 4.74 Å². The van der Waals surface area contributed by atoms with Gasteiger partial charge in [0.15, 0.2) is 5.84 Å². The van der Waals surface area contributed by atoms with Crippen molar-refractivity contribution in [2.75, 3.05) is 50.5 Å². The highest BCUT2D eigenvalue weighted by molar-refractivity contribution is 5.83. The quantitative estimate of drug-likeness (QED) is 0.284. The van der Waals surface area contributed by atoms with Crippen LogP contribution in [0.25, 0.3) is 0 Å². The van der Waals surface area contributed by atoms with E-state index in [9.17, 15) is 5.26 Å². The first-order valence-corrected chi connectivity index (χ1v) is 12.6. The van der Waals surface area contributed by atoms with E-state index in [1.54, 1.807) is 0 Å². The molecular formula is C24H34N10O2. The average Bonchev–Trinajstić information content (AvgIpc) is 3.33. The minimum atomic E-state index is 0.318. The SMILES string of the molecule is Cc1nn(C2CC3CCC(C2)N3C)cc1Nc1ncc(C#N)c(NCCCN2CCOCC2=NO)n1. The number of morpholine rings is 1. The van der Waals surface area contributed by atoms with Gasteiger partial charge in [0.25, 0.3) is 0 Å². The van der Waals surface area contributed by atoms with Gasteiger partial charge in [0, 0.05) is 37.9 Å². The maximum Gasteiger partial charge on any atom is 0.229 e. The monoisotopic (exact) mass is 494 g/mol. The Bertz CT molecular complexity index is 1130. The lowest BCUT2D eigenvalue weighted by atomic mass is 9.98. The van der Waals surface area contributed by atoms with E-state index in [1.165, 1.54) is 19.0 Å². The van der Waals surface area contributed by atoms with Crippen molar-refractivity contribution in [3.05, 3.63) is 23.7 Å². The Morgan fingerprint density at radius 2 is 2.08 bits per heavy atom. The van der Waals surface area contributed by atoms with Gasteiger partial charge >= 0.3 is 0 Å². The van der Waals surface area contributed by atoms with Gasteiger partial charge in [-0.15, -0.1) is 0 Å². The fraction of sp³-hybridized carbons (Fsp3) is 0.625. The number of nitrogens with one attached hydrogen (secondary N) is 2. The molecule has 12 nitrogen and oxygen atoms in total. The molecule has 3 fully saturated rings. The molecule has 2 aromatic heterocycles. The Labute approximate surface area is 210 Å². The second kappa shape index (κ2) is 10.7. The number of nitriles is 1. The third-order valence-electron chi connectivity index (χ3n) is 7.63. The summed E-state index contributed by atoms with van der Waals surface area (Å²) in [5.74, 6) is 1.45. The van der Waals surface area contributed by atoms with Crippen LogP contribution in [0.1, 0.15) is 49.4 Å². The zero-order valence-corrected chi connectivity index (χ0v) is 20.9. The highest BCUT2D eigenvalue weighted by atomic mass is 16.5. The molecule has 3 aliphatic rings. The number of amidine groups is 1. The number of ether oxygens (including phenoxy) is 1. The van der Waals surface area contributed by atoms with Gasteiger partial charge in [0.2, 0.25) is 5.95 Å². The third kappa shape index (κ3) is 5.08. The average molecular weight is 495 g/mol. The van der Waals surface area contributed by atoms with Crippen LogP contribution in [-0.4, -0.2) is 92.6 Å². The molecule has 12 heteroatoms. The predicted octanol–water partition coefficient (Wildman–Crippen LogP) is 2.32. The predicted molar refractivity (Wildman–Crippen MR) is 135 cm³/mol. The van der Waals surface area contributed by atoms with E-state index < -0.39 is 0 Å². The summed E-state index contributed by atoms with van der Waals surface area (Å²) in [6, 6.07) is 3.86. The first kappa shape index (κ1) is 24.3. The summed E-state index contributed by atoms with van der Waals surface area (Å²) >= 11 is 0. The highest BCUT2D eigenvalue weighted by Crippen LogP contribution is 2.40. The first-order chi connectivity index (χ1) is 17.6. The number of nitrogens with zero attached hydrogens (tertiary/aromatic N) is 8. The van der Waals surface area contributed by atoms with Crippen LogP contribution in [0.2, 0.25) is 0 Å². The van der Waals surface area contributed by atoms with E-state index in [0.29, 0.717) is 74.1 Å². The molecule has 2 atom stereocenters. The summed E-state index contributed by atoms with van der Waals surface area (Å²) in [6.07, 6.45) is 9.19. The van der Waals surface area contributed by atoms with Gasteiger partial charge in [-0.1, -0.05) is 5.16 Å².